The van der Waals surface area contributed by atoms with Crippen LogP contribution < -0.4 is 5.32 Å². The molecule has 0 unspecified atom stereocenters. The Bertz CT molecular complexity index is 1140. The molecule has 0 saturated heterocycles. The van der Waals surface area contributed by atoms with Gasteiger partial charge in [-0.1, -0.05) is 29.8 Å². The van der Waals surface area contributed by atoms with Crippen molar-refractivity contribution in [2.75, 3.05) is 12.4 Å². The van der Waals surface area contributed by atoms with E-state index in [4.69, 9.17) is 4.74 Å². The molecule has 0 bridgehead atoms. The molecule has 2 aromatic heterocycles. The Morgan fingerprint density at radius 3 is 2.79 bits per heavy atom. The molecule has 0 saturated carbocycles. The van der Waals surface area contributed by atoms with Crippen molar-refractivity contribution in [3.63, 3.8) is 0 Å². The number of pyridine rings is 1. The van der Waals surface area contributed by atoms with E-state index in [1.54, 1.807) is 6.07 Å². The number of anilines is 1. The van der Waals surface area contributed by atoms with Crippen LogP contribution in [0.4, 0.5) is 5.82 Å². The molecule has 2 heterocycles. The van der Waals surface area contributed by atoms with Crippen LogP contribution in [0.3, 0.4) is 0 Å². The van der Waals surface area contributed by atoms with Crippen LogP contribution in [0, 0.1) is 6.92 Å². The minimum atomic E-state index is -0.345. The number of carbonyl (C=O) groups excluding carboxylic acids is 1. The number of esters is 1. The summed E-state index contributed by atoms with van der Waals surface area (Å²) in [4.78, 5) is 20.9. The van der Waals surface area contributed by atoms with Gasteiger partial charge in [0, 0.05) is 18.3 Å². The molecule has 0 radical (unpaired) electrons. The zero-order valence-electron chi connectivity index (χ0n) is 15.6. The molecule has 0 aliphatic carbocycles. The smallest absolute Gasteiger partial charge is 0.337 e. The van der Waals surface area contributed by atoms with Gasteiger partial charge in [-0.05, 0) is 42.8 Å². The fourth-order valence-corrected chi connectivity index (χ4v) is 3.93. The normalized spacial score (nSPS) is 10.8. The molecule has 6 heteroatoms. The minimum absolute atomic E-state index is 0.345. The van der Waals surface area contributed by atoms with Gasteiger partial charge in [0.25, 0.3) is 0 Å². The first kappa shape index (κ1) is 18.1. The second-order valence-electron chi connectivity index (χ2n) is 6.47. The van der Waals surface area contributed by atoms with E-state index in [1.807, 2.05) is 30.5 Å². The van der Waals surface area contributed by atoms with E-state index in [0.29, 0.717) is 5.56 Å². The molecule has 4 aromatic rings. The maximum absolute atomic E-state index is 11.7. The van der Waals surface area contributed by atoms with Crippen LogP contribution in [0.2, 0.25) is 0 Å². The summed E-state index contributed by atoms with van der Waals surface area (Å²) in [5, 5.41) is 4.21. The van der Waals surface area contributed by atoms with E-state index in [1.165, 1.54) is 29.6 Å². The molecule has 2 aromatic carbocycles. The Balaban J connectivity index is 1.51. The number of ether oxygens (including phenoxy) is 1. The van der Waals surface area contributed by atoms with Gasteiger partial charge in [-0.2, -0.15) is 0 Å². The second-order valence-corrected chi connectivity index (χ2v) is 7.50. The summed E-state index contributed by atoms with van der Waals surface area (Å²) >= 11 is 1.53. The third-order valence-electron chi connectivity index (χ3n) is 4.38. The number of carbonyl (C=O) groups is 1. The van der Waals surface area contributed by atoms with Gasteiger partial charge in [0.2, 0.25) is 0 Å². The van der Waals surface area contributed by atoms with Gasteiger partial charge in [0.1, 0.15) is 10.8 Å². The van der Waals surface area contributed by atoms with Gasteiger partial charge in [0.05, 0.1) is 22.9 Å². The van der Waals surface area contributed by atoms with Crippen molar-refractivity contribution >= 4 is 33.3 Å². The molecule has 0 aliphatic heterocycles. The molecular formula is C22H19N3O2S. The summed E-state index contributed by atoms with van der Waals surface area (Å²) in [5.74, 6) is 0.474. The predicted octanol–water partition coefficient (Wildman–Crippen LogP) is 5.07. The fourth-order valence-electron chi connectivity index (χ4n) is 2.93. The maximum Gasteiger partial charge on any atom is 0.337 e. The first-order valence-electron chi connectivity index (χ1n) is 8.87. The summed E-state index contributed by atoms with van der Waals surface area (Å²) < 4.78 is 5.72. The molecule has 5 nitrogen and oxygen atoms in total. The molecule has 0 amide bonds. The summed E-state index contributed by atoms with van der Waals surface area (Å²) in [6, 6.07) is 17.7. The fraction of sp³-hybridized carbons (Fsp3) is 0.136. The lowest BCUT2D eigenvalue weighted by molar-refractivity contribution is 0.0601. The van der Waals surface area contributed by atoms with Crippen LogP contribution >= 0.6 is 11.3 Å². The van der Waals surface area contributed by atoms with Crippen LogP contribution in [0.25, 0.3) is 20.8 Å². The largest absolute Gasteiger partial charge is 0.465 e. The Kier molecular flexibility index (Phi) is 5.04. The summed E-state index contributed by atoms with van der Waals surface area (Å²) in [6.07, 6.45) is 1.82. The van der Waals surface area contributed by atoms with Crippen molar-refractivity contribution in [3.05, 3.63) is 77.5 Å². The number of nitrogens with one attached hydrogen (secondary N) is 1. The molecule has 0 fully saturated rings. The average Bonchev–Trinajstić information content (AvgIpc) is 3.15. The number of thiazole rings is 1. The number of benzene rings is 2. The number of methoxy groups -OCH3 is 1. The Morgan fingerprint density at radius 2 is 2.04 bits per heavy atom. The molecule has 140 valence electrons. The molecule has 0 spiro atoms. The summed E-state index contributed by atoms with van der Waals surface area (Å²) in [7, 11) is 1.38. The number of aryl methyl sites for hydroxylation is 1. The van der Waals surface area contributed by atoms with Gasteiger partial charge in [-0.3, -0.25) is 0 Å². The third kappa shape index (κ3) is 3.87. The van der Waals surface area contributed by atoms with Crippen molar-refractivity contribution < 1.29 is 9.53 Å². The van der Waals surface area contributed by atoms with Crippen molar-refractivity contribution in [2.24, 2.45) is 0 Å². The highest BCUT2D eigenvalue weighted by Crippen LogP contribution is 2.31. The lowest BCUT2D eigenvalue weighted by Gasteiger charge is -2.06. The maximum atomic E-state index is 11.7. The zero-order valence-corrected chi connectivity index (χ0v) is 16.4. The van der Waals surface area contributed by atoms with Gasteiger partial charge in [-0.15, -0.1) is 11.3 Å². The van der Waals surface area contributed by atoms with E-state index in [-0.39, 0.29) is 5.97 Å². The van der Waals surface area contributed by atoms with Crippen molar-refractivity contribution in [3.8, 4) is 10.6 Å². The Hall–Kier alpha value is -3.25. The number of hydrogen-bond donors (Lipinski definition) is 1. The molecule has 28 heavy (non-hydrogen) atoms. The highest BCUT2D eigenvalue weighted by atomic mass is 32.1. The molecule has 0 aliphatic rings. The van der Waals surface area contributed by atoms with Crippen LogP contribution in [0.15, 0.2) is 60.8 Å². The number of fused-ring (bicyclic) bond motifs is 1. The number of rotatable bonds is 5. The topological polar surface area (TPSA) is 64.1 Å². The molecule has 4 rings (SSSR count). The van der Waals surface area contributed by atoms with Gasteiger partial charge >= 0.3 is 5.97 Å². The highest BCUT2D eigenvalue weighted by Gasteiger charge is 2.11. The number of nitrogens with zero attached hydrogens (tertiary/aromatic N) is 2. The lowest BCUT2D eigenvalue weighted by Crippen LogP contribution is -2.01. The van der Waals surface area contributed by atoms with Crippen LogP contribution in [-0.2, 0) is 11.3 Å². The van der Waals surface area contributed by atoms with E-state index in [9.17, 15) is 4.79 Å². The van der Waals surface area contributed by atoms with Gasteiger partial charge in [0.15, 0.2) is 0 Å². The lowest BCUT2D eigenvalue weighted by atomic mass is 10.1. The first-order chi connectivity index (χ1) is 13.6. The SMILES string of the molecule is COC(=O)c1ccc2nc(-c3ccc(NCc4cccc(C)c4)nc3)sc2c1. The monoisotopic (exact) mass is 389 g/mol. The molecule has 1 N–H and O–H groups in total. The average molecular weight is 389 g/mol. The van der Waals surface area contributed by atoms with Crippen LogP contribution in [0.1, 0.15) is 21.5 Å². The van der Waals surface area contributed by atoms with Crippen molar-refractivity contribution in [2.45, 2.75) is 13.5 Å². The van der Waals surface area contributed by atoms with Crippen LogP contribution in [-0.4, -0.2) is 23.0 Å². The van der Waals surface area contributed by atoms with E-state index in [0.717, 1.165) is 33.2 Å². The summed E-state index contributed by atoms with van der Waals surface area (Å²) in [6.45, 7) is 2.81. The van der Waals surface area contributed by atoms with Crippen molar-refractivity contribution in [1.82, 2.24) is 9.97 Å². The number of hydrogen-bond acceptors (Lipinski definition) is 6. The van der Waals surface area contributed by atoms with Gasteiger partial charge in [-0.25, -0.2) is 14.8 Å². The standard InChI is InChI=1S/C22H19N3O2S/c1-14-4-3-5-15(10-14)12-23-20-9-7-17(13-24-20)21-25-18-8-6-16(22(26)27-2)11-19(18)28-21/h3-11,13H,12H2,1-2H3,(H,23,24). The highest BCUT2D eigenvalue weighted by molar-refractivity contribution is 7.21. The second kappa shape index (κ2) is 7.78. The Labute approximate surface area is 167 Å². The van der Waals surface area contributed by atoms with E-state index in [2.05, 4.69) is 46.5 Å². The first-order valence-corrected chi connectivity index (χ1v) is 9.69. The summed E-state index contributed by atoms with van der Waals surface area (Å²) in [5.41, 5.74) is 4.79. The number of aromatic nitrogens is 2. The van der Waals surface area contributed by atoms with E-state index >= 15 is 0 Å². The third-order valence-corrected chi connectivity index (χ3v) is 5.44. The minimum Gasteiger partial charge on any atom is -0.465 e. The van der Waals surface area contributed by atoms with Crippen molar-refractivity contribution in [1.29, 1.82) is 0 Å². The predicted molar refractivity (Wildman–Crippen MR) is 113 cm³/mol. The zero-order chi connectivity index (χ0) is 19.5. The molecular weight excluding hydrogens is 370 g/mol. The molecule has 0 atom stereocenters. The Morgan fingerprint density at radius 1 is 1.14 bits per heavy atom. The van der Waals surface area contributed by atoms with E-state index < -0.39 is 0 Å². The quantitative estimate of drug-likeness (QED) is 0.483. The van der Waals surface area contributed by atoms with Gasteiger partial charge < -0.3 is 10.1 Å². The van der Waals surface area contributed by atoms with Crippen LogP contribution in [0.5, 0.6) is 0 Å².